The maximum absolute atomic E-state index is 13.3. The maximum Gasteiger partial charge on any atom is 0.228 e. The van der Waals surface area contributed by atoms with Crippen molar-refractivity contribution in [3.63, 3.8) is 0 Å². The first-order chi connectivity index (χ1) is 15.7. The molecule has 0 spiro atoms. The molecule has 5 rings (SSSR count). The number of hydrazine groups is 1. The lowest BCUT2D eigenvalue weighted by Gasteiger charge is -2.37. The Morgan fingerprint density at radius 2 is 1.97 bits per heavy atom. The average molecular weight is 433 g/mol. The van der Waals surface area contributed by atoms with E-state index in [4.69, 9.17) is 4.42 Å². The second-order valence-corrected chi connectivity index (χ2v) is 9.23. The number of hydrogen-bond donors (Lipinski definition) is 2. The molecule has 2 saturated heterocycles. The SMILES string of the molecule is CN(Cc1ccccc1)C(=O)C1CNNC1C1CCCN(Cc2cc3ccccc3o2)C1. The smallest absolute Gasteiger partial charge is 0.228 e. The summed E-state index contributed by atoms with van der Waals surface area (Å²) in [6.07, 6.45) is 2.28. The normalized spacial score (nSPS) is 24.1. The molecule has 3 unspecified atom stereocenters. The van der Waals surface area contributed by atoms with Crippen LogP contribution in [0.2, 0.25) is 0 Å². The highest BCUT2D eigenvalue weighted by atomic mass is 16.3. The Hall–Kier alpha value is -2.67. The summed E-state index contributed by atoms with van der Waals surface area (Å²) in [5, 5.41) is 1.16. The molecular weight excluding hydrogens is 400 g/mol. The number of carbonyl (C=O) groups is 1. The molecule has 0 aliphatic carbocycles. The summed E-state index contributed by atoms with van der Waals surface area (Å²) in [5.74, 6) is 1.62. The lowest BCUT2D eigenvalue weighted by Crippen LogP contribution is -2.49. The number of carbonyl (C=O) groups excluding carboxylic acids is 1. The van der Waals surface area contributed by atoms with Crippen molar-refractivity contribution in [2.45, 2.75) is 32.0 Å². The van der Waals surface area contributed by atoms with Gasteiger partial charge in [-0.2, -0.15) is 0 Å². The average Bonchev–Trinajstić information content (AvgIpc) is 3.46. The first-order valence-electron chi connectivity index (χ1n) is 11.6. The van der Waals surface area contributed by atoms with Crippen molar-refractivity contribution in [3.05, 3.63) is 72.0 Å². The van der Waals surface area contributed by atoms with Crippen LogP contribution >= 0.6 is 0 Å². The van der Waals surface area contributed by atoms with Crippen LogP contribution in [0, 0.1) is 11.8 Å². The Balaban J connectivity index is 1.22. The van der Waals surface area contributed by atoms with Crippen LogP contribution < -0.4 is 10.9 Å². The van der Waals surface area contributed by atoms with Crippen LogP contribution in [0.1, 0.15) is 24.2 Å². The molecule has 32 heavy (non-hydrogen) atoms. The summed E-state index contributed by atoms with van der Waals surface area (Å²) in [5.41, 5.74) is 8.81. The number of likely N-dealkylation sites (tertiary alicyclic amines) is 1. The highest BCUT2D eigenvalue weighted by Gasteiger charge is 2.40. The van der Waals surface area contributed by atoms with E-state index in [-0.39, 0.29) is 17.9 Å². The molecule has 0 bridgehead atoms. The van der Waals surface area contributed by atoms with E-state index in [2.05, 4.69) is 40.0 Å². The van der Waals surface area contributed by atoms with Crippen molar-refractivity contribution >= 4 is 16.9 Å². The van der Waals surface area contributed by atoms with Crippen LogP contribution in [0.3, 0.4) is 0 Å². The summed E-state index contributed by atoms with van der Waals surface area (Å²) in [6, 6.07) is 20.7. The van der Waals surface area contributed by atoms with E-state index >= 15 is 0 Å². The van der Waals surface area contributed by atoms with Gasteiger partial charge in [0, 0.05) is 38.1 Å². The minimum atomic E-state index is -0.0418. The second-order valence-electron chi connectivity index (χ2n) is 9.23. The topological polar surface area (TPSA) is 60.8 Å². The highest BCUT2D eigenvalue weighted by molar-refractivity contribution is 5.80. The number of nitrogens with zero attached hydrogens (tertiary/aromatic N) is 2. The van der Waals surface area contributed by atoms with Crippen molar-refractivity contribution in [2.24, 2.45) is 11.8 Å². The molecule has 0 radical (unpaired) electrons. The summed E-state index contributed by atoms with van der Waals surface area (Å²) in [6.45, 7) is 4.19. The first kappa shape index (κ1) is 21.2. The Labute approximate surface area is 189 Å². The van der Waals surface area contributed by atoms with Crippen LogP contribution in [0.25, 0.3) is 11.0 Å². The molecule has 2 aromatic carbocycles. The summed E-state index contributed by atoms with van der Waals surface area (Å²) >= 11 is 0. The van der Waals surface area contributed by atoms with Crippen molar-refractivity contribution in [2.75, 3.05) is 26.7 Å². The van der Waals surface area contributed by atoms with Gasteiger partial charge in [0.2, 0.25) is 5.91 Å². The molecule has 3 aromatic rings. The third kappa shape index (κ3) is 4.58. The summed E-state index contributed by atoms with van der Waals surface area (Å²) in [7, 11) is 1.92. The number of para-hydroxylation sites is 1. The molecule has 168 valence electrons. The Morgan fingerprint density at radius 3 is 2.81 bits per heavy atom. The van der Waals surface area contributed by atoms with Crippen LogP contribution in [-0.2, 0) is 17.9 Å². The molecule has 2 aliphatic rings. The number of fused-ring (bicyclic) bond motifs is 1. The van der Waals surface area contributed by atoms with E-state index < -0.39 is 0 Å². The fourth-order valence-corrected chi connectivity index (χ4v) is 5.28. The Bertz CT molecular complexity index is 1020. The van der Waals surface area contributed by atoms with E-state index in [0.717, 1.165) is 54.8 Å². The van der Waals surface area contributed by atoms with Crippen molar-refractivity contribution in [1.82, 2.24) is 20.7 Å². The third-order valence-corrected chi connectivity index (χ3v) is 6.89. The fraction of sp³-hybridized carbons (Fsp3) is 0.423. The van der Waals surface area contributed by atoms with Gasteiger partial charge in [-0.25, -0.2) is 0 Å². The standard InChI is InChI=1S/C26H32N4O2/c1-29(16-19-8-3-2-4-9-19)26(31)23-15-27-28-25(23)21-11-7-13-30(17-21)18-22-14-20-10-5-6-12-24(20)32-22/h2-6,8-10,12,14,21,23,25,27-28H,7,11,13,15-18H2,1H3. The lowest BCUT2D eigenvalue weighted by atomic mass is 9.83. The quantitative estimate of drug-likeness (QED) is 0.625. The van der Waals surface area contributed by atoms with Gasteiger partial charge in [-0.3, -0.25) is 20.5 Å². The van der Waals surface area contributed by atoms with E-state index in [1.54, 1.807) is 0 Å². The molecule has 2 N–H and O–H groups in total. The molecule has 0 saturated carbocycles. The summed E-state index contributed by atoms with van der Waals surface area (Å²) < 4.78 is 6.05. The number of rotatable bonds is 6. The van der Waals surface area contributed by atoms with E-state index in [9.17, 15) is 4.79 Å². The zero-order valence-corrected chi connectivity index (χ0v) is 18.7. The largest absolute Gasteiger partial charge is 0.460 e. The maximum atomic E-state index is 13.3. The predicted molar refractivity (Wildman–Crippen MR) is 126 cm³/mol. The van der Waals surface area contributed by atoms with Gasteiger partial charge < -0.3 is 9.32 Å². The minimum Gasteiger partial charge on any atom is -0.460 e. The number of benzene rings is 2. The minimum absolute atomic E-state index is 0.0418. The monoisotopic (exact) mass is 432 g/mol. The van der Waals surface area contributed by atoms with Gasteiger partial charge in [0.1, 0.15) is 11.3 Å². The Kier molecular flexibility index (Phi) is 6.26. The highest BCUT2D eigenvalue weighted by Crippen LogP contribution is 2.29. The van der Waals surface area contributed by atoms with Crippen molar-refractivity contribution in [1.29, 1.82) is 0 Å². The zero-order chi connectivity index (χ0) is 21.9. The van der Waals surface area contributed by atoms with Crippen LogP contribution in [-0.4, -0.2) is 48.4 Å². The number of amides is 1. The predicted octanol–water partition coefficient (Wildman–Crippen LogP) is 3.40. The van der Waals surface area contributed by atoms with Gasteiger partial charge in [0.05, 0.1) is 12.5 Å². The lowest BCUT2D eigenvalue weighted by molar-refractivity contribution is -0.135. The van der Waals surface area contributed by atoms with Gasteiger partial charge in [0.15, 0.2) is 0 Å². The molecule has 1 aromatic heterocycles. The van der Waals surface area contributed by atoms with E-state index in [1.165, 1.54) is 0 Å². The molecule has 2 aliphatic heterocycles. The third-order valence-electron chi connectivity index (χ3n) is 6.89. The van der Waals surface area contributed by atoms with Gasteiger partial charge in [-0.15, -0.1) is 0 Å². The van der Waals surface area contributed by atoms with Gasteiger partial charge in [-0.1, -0.05) is 48.5 Å². The van der Waals surface area contributed by atoms with Crippen molar-refractivity contribution in [3.8, 4) is 0 Å². The number of hydrogen-bond acceptors (Lipinski definition) is 5. The van der Waals surface area contributed by atoms with Gasteiger partial charge in [0.25, 0.3) is 0 Å². The van der Waals surface area contributed by atoms with E-state index in [1.807, 2.05) is 48.3 Å². The van der Waals surface area contributed by atoms with Crippen LogP contribution in [0.15, 0.2) is 65.1 Å². The summed E-state index contributed by atoms with van der Waals surface area (Å²) in [4.78, 5) is 17.6. The fourth-order valence-electron chi connectivity index (χ4n) is 5.28. The number of piperidine rings is 1. The van der Waals surface area contributed by atoms with Crippen LogP contribution in [0.4, 0.5) is 0 Å². The molecule has 1 amide bonds. The molecule has 3 atom stereocenters. The van der Waals surface area contributed by atoms with Gasteiger partial charge in [-0.05, 0) is 43.0 Å². The zero-order valence-electron chi connectivity index (χ0n) is 18.7. The van der Waals surface area contributed by atoms with E-state index in [0.29, 0.717) is 19.0 Å². The molecule has 6 nitrogen and oxygen atoms in total. The first-order valence-corrected chi connectivity index (χ1v) is 11.6. The number of furan rings is 1. The Morgan fingerprint density at radius 1 is 1.16 bits per heavy atom. The second kappa shape index (κ2) is 9.45. The van der Waals surface area contributed by atoms with Crippen molar-refractivity contribution < 1.29 is 9.21 Å². The molecule has 3 heterocycles. The van der Waals surface area contributed by atoms with Gasteiger partial charge >= 0.3 is 0 Å². The number of nitrogens with one attached hydrogen (secondary N) is 2. The molecule has 2 fully saturated rings. The molecule has 6 heteroatoms. The van der Waals surface area contributed by atoms with Crippen LogP contribution in [0.5, 0.6) is 0 Å². The molecular formula is C26H32N4O2.